The molecule has 0 bridgehead atoms. The molecule has 34 heavy (non-hydrogen) atoms. The Morgan fingerprint density at radius 3 is 2.44 bits per heavy atom. The summed E-state index contributed by atoms with van der Waals surface area (Å²) in [6.45, 7) is 5.73. The summed E-state index contributed by atoms with van der Waals surface area (Å²) in [6.07, 6.45) is 6.63. The highest BCUT2D eigenvalue weighted by Gasteiger charge is 2.26. The van der Waals surface area contributed by atoms with E-state index < -0.39 is 11.6 Å². The van der Waals surface area contributed by atoms with E-state index in [9.17, 15) is 4.39 Å². The molecule has 0 unspecified atom stereocenters. The van der Waals surface area contributed by atoms with Crippen LogP contribution in [-0.2, 0) is 18.0 Å². The predicted molar refractivity (Wildman–Crippen MR) is 129 cm³/mol. The maximum Gasteiger partial charge on any atom is 0.335 e. The van der Waals surface area contributed by atoms with Gasteiger partial charge in [-0.05, 0) is 61.1 Å². The Morgan fingerprint density at radius 1 is 1.09 bits per heavy atom. The summed E-state index contributed by atoms with van der Waals surface area (Å²) in [6, 6.07) is 11.0. The summed E-state index contributed by atoms with van der Waals surface area (Å²) in [5.74, 6) is 1.60. The summed E-state index contributed by atoms with van der Waals surface area (Å²) in [4.78, 5) is 16.0. The fourth-order valence-electron chi connectivity index (χ4n) is 4.16. The Balaban J connectivity index is 0.000000868. The summed E-state index contributed by atoms with van der Waals surface area (Å²) in [5.41, 5.74) is 4.96. The zero-order valence-corrected chi connectivity index (χ0v) is 19.8. The van der Waals surface area contributed by atoms with E-state index in [-0.39, 0.29) is 11.7 Å². The van der Waals surface area contributed by atoms with E-state index in [2.05, 4.69) is 21.8 Å². The van der Waals surface area contributed by atoms with Crippen LogP contribution in [0.5, 0.6) is 0 Å². The van der Waals surface area contributed by atoms with Crippen molar-refractivity contribution in [3.63, 3.8) is 0 Å². The molecule has 1 aliphatic rings. The molecule has 3 heterocycles. The normalized spacial score (nSPS) is 14.0. The monoisotopic (exact) mass is 480 g/mol. The van der Waals surface area contributed by atoms with E-state index in [1.54, 1.807) is 6.07 Å². The molecule has 0 atom stereocenters. The fourth-order valence-corrected chi connectivity index (χ4v) is 4.16. The number of aryl methyl sites for hydroxylation is 2. The molecule has 0 N–H and O–H groups in total. The number of hydrogen-bond donors (Lipinski definition) is 0. The first kappa shape index (κ1) is 23.7. The van der Waals surface area contributed by atoms with E-state index in [4.69, 9.17) is 17.8 Å². The van der Waals surface area contributed by atoms with Crippen molar-refractivity contribution in [2.24, 2.45) is 0 Å². The number of oxazole rings is 1. The van der Waals surface area contributed by atoms with Gasteiger partial charge in [-0.15, -0.1) is 0 Å². The van der Waals surface area contributed by atoms with Crippen LogP contribution in [-0.4, -0.2) is 36.5 Å². The van der Waals surface area contributed by atoms with Crippen LogP contribution in [0.25, 0.3) is 22.2 Å². The first-order valence-corrected chi connectivity index (χ1v) is 11.8. The number of benzene rings is 2. The molecule has 1 aliphatic heterocycles. The molecule has 0 aliphatic carbocycles. The lowest BCUT2D eigenvalue weighted by Crippen LogP contribution is -2.34. The maximum absolute atomic E-state index is 14.4. The number of nitrogens with zero attached hydrogens (tertiary/aromatic N) is 4. The van der Waals surface area contributed by atoms with Crippen molar-refractivity contribution < 1.29 is 17.2 Å². The average molecular weight is 481 g/mol. The highest BCUT2D eigenvalue weighted by molar-refractivity contribution is 7.51. The van der Waals surface area contributed by atoms with Crippen LogP contribution < -0.4 is 4.90 Å². The van der Waals surface area contributed by atoms with Crippen molar-refractivity contribution in [1.29, 1.82) is 0 Å². The van der Waals surface area contributed by atoms with Crippen LogP contribution in [0.1, 0.15) is 42.7 Å². The van der Waals surface area contributed by atoms with Gasteiger partial charge in [0.05, 0.1) is 0 Å². The lowest BCUT2D eigenvalue weighted by Gasteiger charge is -2.30. The molecule has 0 amide bonds. The van der Waals surface area contributed by atoms with E-state index in [0.717, 1.165) is 72.0 Å². The van der Waals surface area contributed by atoms with E-state index in [1.807, 2.05) is 49.6 Å². The predicted octanol–water partition coefficient (Wildman–Crippen LogP) is 5.01. The van der Waals surface area contributed by atoms with Crippen LogP contribution >= 0.6 is 0 Å². The number of aromatic nitrogens is 3. The van der Waals surface area contributed by atoms with Crippen molar-refractivity contribution in [3.8, 4) is 11.1 Å². The Labute approximate surface area is 200 Å². The molecule has 1 fully saturated rings. The highest BCUT2D eigenvalue weighted by atomic mass is 32.1. The molecule has 4 aromatic rings. The lowest BCUT2D eigenvalue weighted by molar-refractivity contribution is 0.405. The van der Waals surface area contributed by atoms with Crippen LogP contribution in [0.2, 0.25) is 0 Å². The number of anilines is 1. The third kappa shape index (κ3) is 5.20. The third-order valence-corrected chi connectivity index (χ3v) is 6.07. The number of hydrogen-bond acceptors (Lipinski definition) is 7. The van der Waals surface area contributed by atoms with Crippen molar-refractivity contribution in [1.82, 2.24) is 15.0 Å². The van der Waals surface area contributed by atoms with Crippen molar-refractivity contribution >= 4 is 28.6 Å². The zero-order chi connectivity index (χ0) is 24.1. The van der Waals surface area contributed by atoms with Gasteiger partial charge in [-0.3, -0.25) is 0 Å². The molecule has 0 spiro atoms. The molecule has 0 saturated carbocycles. The Kier molecular flexibility index (Phi) is 7.42. The zero-order valence-electron chi connectivity index (χ0n) is 19.0. The van der Waals surface area contributed by atoms with Gasteiger partial charge in [-0.2, -0.15) is 8.42 Å². The van der Waals surface area contributed by atoms with Crippen molar-refractivity contribution in [2.45, 2.75) is 39.0 Å². The summed E-state index contributed by atoms with van der Waals surface area (Å²) in [5, 5.41) is 0. The first-order valence-electron chi connectivity index (χ1n) is 11.2. The molecular formula is C25H25FN4O3S. The summed E-state index contributed by atoms with van der Waals surface area (Å²) < 4.78 is 37.0. The van der Waals surface area contributed by atoms with Crippen LogP contribution in [0.15, 0.2) is 53.2 Å². The Hall–Kier alpha value is -3.46. The third-order valence-electron chi connectivity index (χ3n) is 6.07. The molecule has 176 valence electrons. The van der Waals surface area contributed by atoms with Crippen molar-refractivity contribution in [3.05, 3.63) is 71.6 Å². The van der Waals surface area contributed by atoms with Crippen LogP contribution in [0, 0.1) is 12.7 Å². The standard InChI is InChI=1S/C25H25FN4O.O2S/c1-3-17-14-27-25(28-15-17)30-10-8-18(9-11-30)24-29-22-13-19(5-7-23(22)31-24)20-6-4-16(2)12-21(20)26;1-3-2/h4-7,12-15,18H,3,8-11H2,1-2H3;. The minimum Gasteiger partial charge on any atom is -0.440 e. The van der Waals surface area contributed by atoms with Crippen LogP contribution in [0.3, 0.4) is 0 Å². The number of rotatable bonds is 4. The smallest absolute Gasteiger partial charge is 0.335 e. The molecule has 1 saturated heterocycles. The molecule has 9 heteroatoms. The quantitative estimate of drug-likeness (QED) is 0.406. The molecule has 2 aromatic carbocycles. The van der Waals surface area contributed by atoms with Gasteiger partial charge in [-0.1, -0.05) is 25.1 Å². The SMILES string of the molecule is CCc1cnc(N2CCC(c3nc4cc(-c5ccc(C)cc5F)ccc4o3)CC2)nc1.O=S=O. The molecule has 7 nitrogen and oxygen atoms in total. The molecule has 2 aromatic heterocycles. The fraction of sp³-hybridized carbons (Fsp3) is 0.320. The average Bonchev–Trinajstić information content (AvgIpc) is 3.28. The minimum absolute atomic E-state index is 0.218. The van der Waals surface area contributed by atoms with Gasteiger partial charge in [-0.25, -0.2) is 19.3 Å². The molecular weight excluding hydrogens is 455 g/mol. The van der Waals surface area contributed by atoms with Crippen molar-refractivity contribution in [2.75, 3.05) is 18.0 Å². The maximum atomic E-state index is 14.4. The van der Waals surface area contributed by atoms with Crippen LogP contribution in [0.4, 0.5) is 10.3 Å². The van der Waals surface area contributed by atoms with Gasteiger partial charge in [0.25, 0.3) is 0 Å². The van der Waals surface area contributed by atoms with Gasteiger partial charge in [0.1, 0.15) is 11.3 Å². The minimum atomic E-state index is -0.750. The lowest BCUT2D eigenvalue weighted by atomic mass is 9.97. The van der Waals surface area contributed by atoms with Gasteiger partial charge >= 0.3 is 11.6 Å². The first-order chi connectivity index (χ1) is 16.5. The van der Waals surface area contributed by atoms with Gasteiger partial charge in [0.2, 0.25) is 5.95 Å². The van der Waals surface area contributed by atoms with Gasteiger partial charge in [0, 0.05) is 37.0 Å². The second kappa shape index (κ2) is 10.6. The summed E-state index contributed by atoms with van der Waals surface area (Å²) in [7, 11) is 0. The highest BCUT2D eigenvalue weighted by Crippen LogP contribution is 2.33. The van der Waals surface area contributed by atoms with Gasteiger partial charge in [0.15, 0.2) is 11.5 Å². The largest absolute Gasteiger partial charge is 0.440 e. The topological polar surface area (TPSA) is 89.2 Å². The van der Waals surface area contributed by atoms with E-state index in [1.165, 1.54) is 0 Å². The van der Waals surface area contributed by atoms with E-state index >= 15 is 0 Å². The van der Waals surface area contributed by atoms with Gasteiger partial charge < -0.3 is 9.32 Å². The number of piperidine rings is 1. The van der Waals surface area contributed by atoms with E-state index in [0.29, 0.717) is 5.56 Å². The molecule has 5 rings (SSSR count). The molecule has 0 radical (unpaired) electrons. The number of fused-ring (bicyclic) bond motifs is 1. The second-order valence-corrected chi connectivity index (χ2v) is 8.43. The summed E-state index contributed by atoms with van der Waals surface area (Å²) >= 11 is -0.750. The number of halogens is 1. The Morgan fingerprint density at radius 2 is 1.79 bits per heavy atom. The second-order valence-electron chi connectivity index (χ2n) is 8.29. The Bertz CT molecular complexity index is 1310.